The van der Waals surface area contributed by atoms with Crippen molar-refractivity contribution in [1.82, 2.24) is 4.90 Å². The van der Waals surface area contributed by atoms with Crippen molar-refractivity contribution in [1.29, 1.82) is 0 Å². The second-order valence-corrected chi connectivity index (χ2v) is 6.73. The smallest absolute Gasteiger partial charge is 0.0248 e. The van der Waals surface area contributed by atoms with Crippen LogP contribution in [0.3, 0.4) is 0 Å². The minimum Gasteiger partial charge on any atom is -0.306 e. The van der Waals surface area contributed by atoms with Gasteiger partial charge in [-0.05, 0) is 86.6 Å². The van der Waals surface area contributed by atoms with Crippen molar-refractivity contribution in [2.24, 2.45) is 0 Å². The summed E-state index contributed by atoms with van der Waals surface area (Å²) >= 11 is 0. The second-order valence-electron chi connectivity index (χ2n) is 6.73. The molecule has 1 aliphatic rings. The van der Waals surface area contributed by atoms with E-state index in [2.05, 4.69) is 55.1 Å². The summed E-state index contributed by atoms with van der Waals surface area (Å²) in [5.41, 5.74) is 6.33. The van der Waals surface area contributed by atoms with E-state index >= 15 is 0 Å². The van der Waals surface area contributed by atoms with Crippen molar-refractivity contribution < 1.29 is 0 Å². The topological polar surface area (TPSA) is 3.24 Å². The van der Waals surface area contributed by atoms with Gasteiger partial charge in [0.1, 0.15) is 0 Å². The summed E-state index contributed by atoms with van der Waals surface area (Å²) in [5, 5.41) is 0. The normalized spacial score (nSPS) is 19.1. The fraction of sp³-hybridized carbons (Fsp3) is 0.364. The molecule has 1 saturated heterocycles. The lowest BCUT2D eigenvalue weighted by Gasteiger charge is -2.18. The summed E-state index contributed by atoms with van der Waals surface area (Å²) < 4.78 is 0. The zero-order valence-electron chi connectivity index (χ0n) is 14.2. The van der Waals surface area contributed by atoms with Crippen LogP contribution in [0.2, 0.25) is 0 Å². The molecular weight excluding hydrogens is 278 g/mol. The molecule has 0 aliphatic carbocycles. The minimum atomic E-state index is 0.700. The van der Waals surface area contributed by atoms with Gasteiger partial charge in [0.15, 0.2) is 0 Å². The summed E-state index contributed by atoms with van der Waals surface area (Å²) in [7, 11) is 2.23. The Morgan fingerprint density at radius 1 is 1.04 bits per heavy atom. The first-order valence-electron chi connectivity index (χ1n) is 8.53. The van der Waals surface area contributed by atoms with Gasteiger partial charge in [-0.1, -0.05) is 36.3 Å². The molecule has 0 bridgehead atoms. The highest BCUT2D eigenvalue weighted by Gasteiger charge is 2.18. The Morgan fingerprint density at radius 2 is 1.87 bits per heavy atom. The summed E-state index contributed by atoms with van der Waals surface area (Å²) in [4.78, 5) is 2.45. The molecule has 1 heterocycles. The van der Waals surface area contributed by atoms with E-state index in [1.807, 2.05) is 12.1 Å². The van der Waals surface area contributed by atoms with E-state index < -0.39 is 0 Å². The van der Waals surface area contributed by atoms with Gasteiger partial charge in [-0.15, -0.1) is 6.42 Å². The van der Waals surface area contributed by atoms with Gasteiger partial charge >= 0.3 is 0 Å². The van der Waals surface area contributed by atoms with Crippen LogP contribution in [0.4, 0.5) is 0 Å². The third kappa shape index (κ3) is 3.66. The highest BCUT2D eigenvalue weighted by Crippen LogP contribution is 2.32. The molecule has 2 aromatic carbocycles. The number of benzene rings is 2. The molecule has 1 unspecified atom stereocenters. The Bertz CT molecular complexity index is 723. The van der Waals surface area contributed by atoms with Gasteiger partial charge in [-0.3, -0.25) is 0 Å². The Labute approximate surface area is 140 Å². The van der Waals surface area contributed by atoms with E-state index in [9.17, 15) is 0 Å². The molecule has 0 N–H and O–H groups in total. The number of hydrogen-bond acceptors (Lipinski definition) is 1. The number of aryl methyl sites for hydroxylation is 1. The van der Waals surface area contributed by atoms with Gasteiger partial charge in [-0.25, -0.2) is 0 Å². The molecule has 3 rings (SSSR count). The molecule has 1 atom stereocenters. The predicted octanol–water partition coefficient (Wildman–Crippen LogP) is 4.84. The molecule has 0 amide bonds. The number of likely N-dealkylation sites (tertiary alicyclic amines) is 1. The van der Waals surface area contributed by atoms with Crippen LogP contribution in [0.15, 0.2) is 42.5 Å². The van der Waals surface area contributed by atoms with Crippen LogP contribution in [0.25, 0.3) is 11.1 Å². The lowest BCUT2D eigenvalue weighted by Crippen LogP contribution is -2.18. The fourth-order valence-corrected chi connectivity index (χ4v) is 3.65. The minimum absolute atomic E-state index is 0.700. The first kappa shape index (κ1) is 15.8. The Balaban J connectivity index is 1.87. The number of terminal acetylenes is 1. The quantitative estimate of drug-likeness (QED) is 0.717. The lowest BCUT2D eigenvalue weighted by atomic mass is 9.87. The zero-order chi connectivity index (χ0) is 16.2. The second kappa shape index (κ2) is 7.02. The molecule has 0 saturated carbocycles. The van der Waals surface area contributed by atoms with Gasteiger partial charge in [0.25, 0.3) is 0 Å². The average molecular weight is 303 g/mol. The molecule has 1 heteroatoms. The number of hydrogen-bond donors (Lipinski definition) is 0. The summed E-state index contributed by atoms with van der Waals surface area (Å²) in [6, 6.07) is 15.2. The Hall–Kier alpha value is -2.04. The molecule has 1 fully saturated rings. The Kier molecular flexibility index (Phi) is 4.84. The molecule has 2 aromatic rings. The van der Waals surface area contributed by atoms with Gasteiger partial charge in [0, 0.05) is 5.56 Å². The van der Waals surface area contributed by atoms with Crippen molar-refractivity contribution in [3.63, 3.8) is 0 Å². The highest BCUT2D eigenvalue weighted by molar-refractivity contribution is 5.66. The van der Waals surface area contributed by atoms with E-state index in [4.69, 9.17) is 6.42 Å². The van der Waals surface area contributed by atoms with E-state index in [1.165, 1.54) is 54.6 Å². The van der Waals surface area contributed by atoms with Crippen LogP contribution >= 0.6 is 0 Å². The molecule has 1 aliphatic heterocycles. The number of nitrogens with zero attached hydrogens (tertiary/aromatic N) is 1. The standard InChI is InChI=1S/C22H25N/c1-4-18-7-5-8-20(16-18)21-10-11-22(17(2)15-21)19-9-6-13-23(3)14-12-19/h1,5,7-8,10-11,15-16,19H,6,9,12-14H2,2-3H3. The third-order valence-corrected chi connectivity index (χ3v) is 5.02. The maximum Gasteiger partial charge on any atom is 0.0248 e. The van der Waals surface area contributed by atoms with E-state index in [0.717, 1.165) is 5.56 Å². The van der Waals surface area contributed by atoms with Crippen LogP contribution in [-0.2, 0) is 0 Å². The fourth-order valence-electron chi connectivity index (χ4n) is 3.65. The van der Waals surface area contributed by atoms with Crippen molar-refractivity contribution in [2.75, 3.05) is 20.1 Å². The first-order valence-corrected chi connectivity index (χ1v) is 8.53. The summed E-state index contributed by atoms with van der Waals surface area (Å²) in [5.74, 6) is 3.42. The average Bonchev–Trinajstić information content (AvgIpc) is 2.79. The molecular formula is C22H25N. The number of rotatable bonds is 2. The lowest BCUT2D eigenvalue weighted by molar-refractivity contribution is 0.347. The molecule has 0 aromatic heterocycles. The SMILES string of the molecule is C#Cc1cccc(-c2ccc(C3CCCN(C)CC3)c(C)c2)c1. The summed E-state index contributed by atoms with van der Waals surface area (Å²) in [6.07, 6.45) is 9.39. The van der Waals surface area contributed by atoms with Crippen LogP contribution in [0.1, 0.15) is 41.9 Å². The van der Waals surface area contributed by atoms with Crippen molar-refractivity contribution in [2.45, 2.75) is 32.1 Å². The van der Waals surface area contributed by atoms with E-state index in [1.54, 1.807) is 0 Å². The molecule has 118 valence electrons. The molecule has 1 nitrogen and oxygen atoms in total. The van der Waals surface area contributed by atoms with Crippen molar-refractivity contribution in [3.05, 3.63) is 59.2 Å². The largest absolute Gasteiger partial charge is 0.306 e. The van der Waals surface area contributed by atoms with Crippen LogP contribution < -0.4 is 0 Å². The Morgan fingerprint density at radius 3 is 2.65 bits per heavy atom. The highest BCUT2D eigenvalue weighted by atomic mass is 15.1. The zero-order valence-corrected chi connectivity index (χ0v) is 14.2. The van der Waals surface area contributed by atoms with E-state index in [-0.39, 0.29) is 0 Å². The van der Waals surface area contributed by atoms with E-state index in [0.29, 0.717) is 5.92 Å². The van der Waals surface area contributed by atoms with Crippen molar-refractivity contribution >= 4 is 0 Å². The molecule has 0 radical (unpaired) electrons. The van der Waals surface area contributed by atoms with Gasteiger partial charge in [0.2, 0.25) is 0 Å². The molecule has 23 heavy (non-hydrogen) atoms. The predicted molar refractivity (Wildman–Crippen MR) is 98.6 cm³/mol. The van der Waals surface area contributed by atoms with Gasteiger partial charge in [-0.2, -0.15) is 0 Å². The van der Waals surface area contributed by atoms with Crippen molar-refractivity contribution in [3.8, 4) is 23.5 Å². The van der Waals surface area contributed by atoms with Crippen LogP contribution in [0, 0.1) is 19.3 Å². The first-order chi connectivity index (χ1) is 11.2. The monoisotopic (exact) mass is 303 g/mol. The van der Waals surface area contributed by atoms with Crippen LogP contribution in [-0.4, -0.2) is 25.0 Å². The maximum absolute atomic E-state index is 5.52. The van der Waals surface area contributed by atoms with Crippen LogP contribution in [0.5, 0.6) is 0 Å². The summed E-state index contributed by atoms with van der Waals surface area (Å²) in [6.45, 7) is 4.68. The maximum atomic E-state index is 5.52. The van der Waals surface area contributed by atoms with Gasteiger partial charge < -0.3 is 4.90 Å². The van der Waals surface area contributed by atoms with Gasteiger partial charge in [0.05, 0.1) is 0 Å². The third-order valence-electron chi connectivity index (χ3n) is 5.02. The molecule has 0 spiro atoms.